The number of hydrogen-bond donors (Lipinski definition) is 1. The Morgan fingerprint density at radius 1 is 1.16 bits per heavy atom. The molecule has 0 aliphatic rings. The second-order valence-corrected chi connectivity index (χ2v) is 5.57. The summed E-state index contributed by atoms with van der Waals surface area (Å²) >= 11 is 0. The summed E-state index contributed by atoms with van der Waals surface area (Å²) in [5, 5.41) is 4.38. The standard InChI is InChI=1S/C15H19N3O/c1-11-4-6-12(7-5-11)13-8-9-14(19)18(17-13)10-15(2,3)16/h4-9H,10,16H2,1-3H3. The summed E-state index contributed by atoms with van der Waals surface area (Å²) in [5.41, 5.74) is 8.32. The third kappa shape index (κ3) is 3.51. The van der Waals surface area contributed by atoms with Gasteiger partial charge in [-0.05, 0) is 26.8 Å². The smallest absolute Gasteiger partial charge is 0.266 e. The van der Waals surface area contributed by atoms with Crippen LogP contribution in [0.2, 0.25) is 0 Å². The lowest BCUT2D eigenvalue weighted by Gasteiger charge is -2.19. The molecule has 4 heteroatoms. The zero-order valence-corrected chi connectivity index (χ0v) is 11.6. The van der Waals surface area contributed by atoms with Crippen molar-refractivity contribution < 1.29 is 0 Å². The number of nitrogens with zero attached hydrogens (tertiary/aromatic N) is 2. The molecule has 2 N–H and O–H groups in total. The Kier molecular flexibility index (Phi) is 3.53. The Morgan fingerprint density at radius 3 is 2.37 bits per heavy atom. The first-order chi connectivity index (χ1) is 8.85. The van der Waals surface area contributed by atoms with Crippen LogP contribution >= 0.6 is 0 Å². The summed E-state index contributed by atoms with van der Waals surface area (Å²) in [6.07, 6.45) is 0. The fraction of sp³-hybridized carbons (Fsp3) is 0.333. The van der Waals surface area contributed by atoms with Gasteiger partial charge in [0.2, 0.25) is 0 Å². The van der Waals surface area contributed by atoms with Crippen molar-refractivity contribution >= 4 is 0 Å². The SMILES string of the molecule is Cc1ccc(-c2ccc(=O)n(CC(C)(C)N)n2)cc1. The predicted octanol–water partition coefficient (Wildman–Crippen LogP) is 1.96. The number of rotatable bonds is 3. The minimum absolute atomic E-state index is 0.130. The zero-order chi connectivity index (χ0) is 14.0. The molecule has 1 heterocycles. The van der Waals surface area contributed by atoms with Crippen LogP contribution in [0.25, 0.3) is 11.3 Å². The fourth-order valence-electron chi connectivity index (χ4n) is 1.83. The third-order valence-electron chi connectivity index (χ3n) is 2.77. The molecule has 0 unspecified atom stereocenters. The van der Waals surface area contributed by atoms with Gasteiger partial charge in [-0.25, -0.2) is 4.68 Å². The maximum Gasteiger partial charge on any atom is 0.266 e. The van der Waals surface area contributed by atoms with E-state index in [1.807, 2.05) is 45.0 Å². The maximum absolute atomic E-state index is 11.8. The van der Waals surface area contributed by atoms with Crippen molar-refractivity contribution in [3.63, 3.8) is 0 Å². The second-order valence-electron chi connectivity index (χ2n) is 5.57. The average Bonchev–Trinajstić information content (AvgIpc) is 2.31. The van der Waals surface area contributed by atoms with E-state index in [9.17, 15) is 4.79 Å². The molecule has 0 radical (unpaired) electrons. The molecule has 0 fully saturated rings. The molecular formula is C15H19N3O. The molecule has 1 aromatic heterocycles. The summed E-state index contributed by atoms with van der Waals surface area (Å²) in [4.78, 5) is 11.8. The minimum Gasteiger partial charge on any atom is -0.324 e. The van der Waals surface area contributed by atoms with Gasteiger partial charge in [-0.15, -0.1) is 0 Å². The van der Waals surface area contributed by atoms with Crippen molar-refractivity contribution in [3.8, 4) is 11.3 Å². The molecule has 0 saturated heterocycles. The van der Waals surface area contributed by atoms with E-state index >= 15 is 0 Å². The molecule has 2 rings (SSSR count). The van der Waals surface area contributed by atoms with Crippen molar-refractivity contribution in [2.24, 2.45) is 5.73 Å². The van der Waals surface area contributed by atoms with Gasteiger partial charge in [-0.1, -0.05) is 29.8 Å². The normalized spacial score (nSPS) is 11.6. The van der Waals surface area contributed by atoms with Gasteiger partial charge in [0.25, 0.3) is 5.56 Å². The van der Waals surface area contributed by atoms with Crippen LogP contribution in [0.4, 0.5) is 0 Å². The summed E-state index contributed by atoms with van der Waals surface area (Å²) in [6.45, 7) is 6.18. The monoisotopic (exact) mass is 257 g/mol. The fourth-order valence-corrected chi connectivity index (χ4v) is 1.83. The number of aryl methyl sites for hydroxylation is 1. The topological polar surface area (TPSA) is 60.9 Å². The van der Waals surface area contributed by atoms with Gasteiger partial charge in [0.05, 0.1) is 12.2 Å². The van der Waals surface area contributed by atoms with Crippen molar-refractivity contribution in [2.45, 2.75) is 32.9 Å². The molecule has 0 aliphatic carbocycles. The van der Waals surface area contributed by atoms with E-state index in [1.165, 1.54) is 16.3 Å². The molecule has 0 aliphatic heterocycles. The summed E-state index contributed by atoms with van der Waals surface area (Å²) in [7, 11) is 0. The quantitative estimate of drug-likeness (QED) is 0.914. The Bertz CT molecular complexity index is 621. The molecule has 19 heavy (non-hydrogen) atoms. The van der Waals surface area contributed by atoms with Crippen LogP contribution in [-0.2, 0) is 6.54 Å². The van der Waals surface area contributed by atoms with Gasteiger partial charge < -0.3 is 5.73 Å². The molecule has 4 nitrogen and oxygen atoms in total. The lowest BCUT2D eigenvalue weighted by molar-refractivity contribution is 0.397. The molecule has 2 aromatic rings. The highest BCUT2D eigenvalue weighted by Gasteiger charge is 2.14. The summed E-state index contributed by atoms with van der Waals surface area (Å²) in [6, 6.07) is 11.3. The van der Waals surface area contributed by atoms with E-state index in [4.69, 9.17) is 5.73 Å². The average molecular weight is 257 g/mol. The van der Waals surface area contributed by atoms with Gasteiger partial charge >= 0.3 is 0 Å². The molecule has 0 spiro atoms. The molecule has 0 saturated carbocycles. The molecule has 0 atom stereocenters. The number of nitrogens with two attached hydrogens (primary N) is 1. The van der Waals surface area contributed by atoms with Crippen LogP contribution in [0.1, 0.15) is 19.4 Å². The van der Waals surface area contributed by atoms with Gasteiger partial charge in [0, 0.05) is 17.2 Å². The van der Waals surface area contributed by atoms with Gasteiger partial charge in [-0.3, -0.25) is 4.79 Å². The van der Waals surface area contributed by atoms with Crippen molar-refractivity contribution in [1.82, 2.24) is 9.78 Å². The van der Waals surface area contributed by atoms with Crippen LogP contribution in [0.3, 0.4) is 0 Å². The Hall–Kier alpha value is -1.94. The van der Waals surface area contributed by atoms with E-state index in [1.54, 1.807) is 6.07 Å². The van der Waals surface area contributed by atoms with E-state index in [2.05, 4.69) is 5.10 Å². The highest BCUT2D eigenvalue weighted by molar-refractivity contribution is 5.58. The van der Waals surface area contributed by atoms with Crippen molar-refractivity contribution in [2.75, 3.05) is 0 Å². The molecule has 0 amide bonds. The van der Waals surface area contributed by atoms with E-state index in [0.29, 0.717) is 6.54 Å². The number of hydrogen-bond acceptors (Lipinski definition) is 3. The second kappa shape index (κ2) is 4.97. The van der Waals surface area contributed by atoms with E-state index in [-0.39, 0.29) is 5.56 Å². The van der Waals surface area contributed by atoms with Gasteiger partial charge in [0.15, 0.2) is 0 Å². The Balaban J connectivity index is 2.41. The van der Waals surface area contributed by atoms with E-state index in [0.717, 1.165) is 11.3 Å². The van der Waals surface area contributed by atoms with Crippen LogP contribution < -0.4 is 11.3 Å². The lowest BCUT2D eigenvalue weighted by atomic mass is 10.1. The summed E-state index contributed by atoms with van der Waals surface area (Å²) < 4.78 is 1.43. The first-order valence-corrected chi connectivity index (χ1v) is 6.29. The Labute approximate surface area is 112 Å². The molecule has 1 aromatic carbocycles. The Morgan fingerprint density at radius 2 is 1.79 bits per heavy atom. The van der Waals surface area contributed by atoms with E-state index < -0.39 is 5.54 Å². The number of aromatic nitrogens is 2. The van der Waals surface area contributed by atoms with Crippen LogP contribution in [0.5, 0.6) is 0 Å². The minimum atomic E-state index is -0.470. The molecular weight excluding hydrogens is 238 g/mol. The van der Waals surface area contributed by atoms with Crippen molar-refractivity contribution in [1.29, 1.82) is 0 Å². The third-order valence-corrected chi connectivity index (χ3v) is 2.77. The highest BCUT2D eigenvalue weighted by Crippen LogP contribution is 2.16. The van der Waals surface area contributed by atoms with Crippen LogP contribution in [-0.4, -0.2) is 15.3 Å². The predicted molar refractivity (Wildman–Crippen MR) is 76.9 cm³/mol. The van der Waals surface area contributed by atoms with Crippen LogP contribution in [0.15, 0.2) is 41.2 Å². The highest BCUT2D eigenvalue weighted by atomic mass is 16.1. The van der Waals surface area contributed by atoms with Crippen molar-refractivity contribution in [3.05, 3.63) is 52.3 Å². The largest absolute Gasteiger partial charge is 0.324 e. The molecule has 100 valence electrons. The maximum atomic E-state index is 11.8. The van der Waals surface area contributed by atoms with Gasteiger partial charge in [0.1, 0.15) is 0 Å². The first-order valence-electron chi connectivity index (χ1n) is 6.29. The molecule has 0 bridgehead atoms. The van der Waals surface area contributed by atoms with Crippen LogP contribution in [0, 0.1) is 6.92 Å². The lowest BCUT2D eigenvalue weighted by Crippen LogP contribution is -2.41. The number of benzene rings is 1. The van der Waals surface area contributed by atoms with Gasteiger partial charge in [-0.2, -0.15) is 5.10 Å². The summed E-state index contributed by atoms with van der Waals surface area (Å²) in [5.74, 6) is 0. The zero-order valence-electron chi connectivity index (χ0n) is 11.6. The first kappa shape index (κ1) is 13.5.